The first-order chi connectivity index (χ1) is 12.0. The van der Waals surface area contributed by atoms with Crippen molar-refractivity contribution in [2.45, 2.75) is 31.6 Å². The molecule has 2 aromatic rings. The van der Waals surface area contributed by atoms with Crippen LogP contribution in [-0.4, -0.2) is 34.9 Å². The molecule has 1 fully saturated rings. The van der Waals surface area contributed by atoms with E-state index in [-0.39, 0.29) is 30.2 Å². The molecule has 1 saturated heterocycles. The smallest absolute Gasteiger partial charge is 0.387 e. The molecule has 1 aliphatic rings. The van der Waals surface area contributed by atoms with Crippen LogP contribution in [0.1, 0.15) is 23.7 Å². The highest BCUT2D eigenvalue weighted by Gasteiger charge is 2.31. The summed E-state index contributed by atoms with van der Waals surface area (Å²) in [4.78, 5) is 12.4. The number of hydrogen-bond acceptors (Lipinski definition) is 4. The topological polar surface area (TPSA) is 65.4 Å². The van der Waals surface area contributed by atoms with E-state index in [1.54, 1.807) is 29.1 Å². The number of nitrogens with one attached hydrogen (secondary N) is 1. The number of aryl methyl sites for hydroxylation is 1. The molecular formula is C17H19F2N3O3. The minimum Gasteiger partial charge on any atom is -0.435 e. The molecule has 0 aliphatic carbocycles. The third-order valence-electron chi connectivity index (χ3n) is 4.03. The largest absolute Gasteiger partial charge is 0.435 e. The molecule has 3 rings (SSSR count). The van der Waals surface area contributed by atoms with Crippen LogP contribution in [0.4, 0.5) is 8.78 Å². The van der Waals surface area contributed by atoms with Gasteiger partial charge in [-0.3, -0.25) is 9.48 Å². The fourth-order valence-corrected chi connectivity index (χ4v) is 2.94. The second kappa shape index (κ2) is 7.60. The van der Waals surface area contributed by atoms with Gasteiger partial charge < -0.3 is 14.8 Å². The molecule has 134 valence electrons. The van der Waals surface area contributed by atoms with Crippen LogP contribution >= 0.6 is 0 Å². The zero-order valence-electron chi connectivity index (χ0n) is 13.7. The lowest BCUT2D eigenvalue weighted by Crippen LogP contribution is -2.37. The number of amides is 1. The predicted molar refractivity (Wildman–Crippen MR) is 85.2 cm³/mol. The summed E-state index contributed by atoms with van der Waals surface area (Å²) in [6.45, 7) is -2.39. The van der Waals surface area contributed by atoms with Crippen molar-refractivity contribution in [1.29, 1.82) is 0 Å². The normalized spacial score (nSPS) is 20.0. The fourth-order valence-electron chi connectivity index (χ4n) is 2.94. The van der Waals surface area contributed by atoms with Crippen LogP contribution in [0, 0.1) is 0 Å². The number of alkyl halides is 2. The maximum atomic E-state index is 12.5. The molecule has 1 aromatic heterocycles. The van der Waals surface area contributed by atoms with Gasteiger partial charge in [0.25, 0.3) is 0 Å². The van der Waals surface area contributed by atoms with E-state index in [2.05, 4.69) is 15.2 Å². The average Bonchev–Trinajstić information content (AvgIpc) is 3.17. The maximum Gasteiger partial charge on any atom is 0.387 e. The molecule has 0 bridgehead atoms. The minimum atomic E-state index is -2.93. The van der Waals surface area contributed by atoms with E-state index in [1.807, 2.05) is 13.2 Å². The van der Waals surface area contributed by atoms with Crippen LogP contribution in [0.3, 0.4) is 0 Å². The van der Waals surface area contributed by atoms with Gasteiger partial charge in [0.1, 0.15) is 11.9 Å². The first kappa shape index (κ1) is 17.3. The molecule has 1 N–H and O–H groups in total. The van der Waals surface area contributed by atoms with Gasteiger partial charge in [0.05, 0.1) is 18.7 Å². The summed E-state index contributed by atoms with van der Waals surface area (Å²) in [6.07, 6.45) is 3.94. The van der Waals surface area contributed by atoms with Crippen molar-refractivity contribution in [3.63, 3.8) is 0 Å². The van der Waals surface area contributed by atoms with Crippen molar-refractivity contribution < 1.29 is 23.0 Å². The van der Waals surface area contributed by atoms with Gasteiger partial charge in [-0.2, -0.15) is 13.9 Å². The summed E-state index contributed by atoms with van der Waals surface area (Å²) >= 11 is 0. The summed E-state index contributed by atoms with van der Waals surface area (Å²) < 4.78 is 36.8. The van der Waals surface area contributed by atoms with Gasteiger partial charge in [-0.05, 0) is 12.5 Å². The molecule has 6 nitrogen and oxygen atoms in total. The zero-order chi connectivity index (χ0) is 17.8. The molecule has 0 radical (unpaired) electrons. The highest BCUT2D eigenvalue weighted by Crippen LogP contribution is 2.29. The summed E-state index contributed by atoms with van der Waals surface area (Å²) in [5.74, 6) is -0.256. The first-order valence-corrected chi connectivity index (χ1v) is 7.95. The monoisotopic (exact) mass is 351 g/mol. The highest BCUT2D eigenvalue weighted by molar-refractivity contribution is 5.79. The minimum absolute atomic E-state index is 0.0131. The number of para-hydroxylation sites is 1. The third-order valence-corrected chi connectivity index (χ3v) is 4.03. The SMILES string of the molecule is Cn1cc([C@H]2OCC[C@@H]2NC(=O)Cc2ccccc2OC(F)F)cn1. The molecule has 0 unspecified atom stereocenters. The van der Waals surface area contributed by atoms with Gasteiger partial charge in [0.2, 0.25) is 5.91 Å². The van der Waals surface area contributed by atoms with Gasteiger partial charge >= 0.3 is 6.61 Å². The Balaban J connectivity index is 1.64. The summed E-state index contributed by atoms with van der Waals surface area (Å²) in [7, 11) is 1.81. The number of ether oxygens (including phenoxy) is 2. The number of nitrogens with zero attached hydrogens (tertiary/aromatic N) is 2. The Bertz CT molecular complexity index is 735. The number of halogens is 2. The van der Waals surface area contributed by atoms with Gasteiger partial charge in [-0.1, -0.05) is 18.2 Å². The number of rotatable bonds is 6. The van der Waals surface area contributed by atoms with Crippen molar-refractivity contribution in [3.8, 4) is 5.75 Å². The van der Waals surface area contributed by atoms with Gasteiger partial charge in [0.15, 0.2) is 0 Å². The average molecular weight is 351 g/mol. The highest BCUT2D eigenvalue weighted by atomic mass is 19.3. The fraction of sp³-hybridized carbons (Fsp3) is 0.412. The molecule has 1 amide bonds. The molecule has 0 spiro atoms. The zero-order valence-corrected chi connectivity index (χ0v) is 13.7. The Morgan fingerprint density at radius 1 is 1.48 bits per heavy atom. The molecule has 1 aromatic carbocycles. The van der Waals surface area contributed by atoms with Crippen LogP contribution in [0.5, 0.6) is 5.75 Å². The van der Waals surface area contributed by atoms with Crippen LogP contribution < -0.4 is 10.1 Å². The Morgan fingerprint density at radius 2 is 2.28 bits per heavy atom. The van der Waals surface area contributed by atoms with Crippen molar-refractivity contribution in [2.75, 3.05) is 6.61 Å². The van der Waals surface area contributed by atoms with Crippen molar-refractivity contribution in [3.05, 3.63) is 47.8 Å². The maximum absolute atomic E-state index is 12.5. The Kier molecular flexibility index (Phi) is 5.28. The lowest BCUT2D eigenvalue weighted by atomic mass is 10.0. The molecule has 8 heteroatoms. The van der Waals surface area contributed by atoms with Gasteiger partial charge in [0, 0.05) is 31.0 Å². The van der Waals surface area contributed by atoms with E-state index in [0.29, 0.717) is 18.6 Å². The standard InChI is InChI=1S/C17H19F2N3O3/c1-22-10-12(9-20-22)16-13(6-7-24-16)21-15(23)8-11-4-2-3-5-14(11)25-17(18)19/h2-5,9-10,13,16-17H,6-8H2,1H3,(H,21,23)/t13-,16+/m0/s1. The van der Waals surface area contributed by atoms with Crippen LogP contribution in [0.15, 0.2) is 36.7 Å². The first-order valence-electron chi connectivity index (χ1n) is 7.95. The van der Waals surface area contributed by atoms with Crippen molar-refractivity contribution >= 4 is 5.91 Å². The Labute approximate surface area is 143 Å². The summed E-state index contributed by atoms with van der Waals surface area (Å²) in [5, 5.41) is 7.04. The second-order valence-corrected chi connectivity index (χ2v) is 5.86. The Morgan fingerprint density at radius 3 is 3.00 bits per heavy atom. The Hall–Kier alpha value is -2.48. The molecule has 0 saturated carbocycles. The van der Waals surface area contributed by atoms with E-state index < -0.39 is 6.61 Å². The van der Waals surface area contributed by atoms with E-state index in [0.717, 1.165) is 5.56 Å². The molecule has 2 heterocycles. The molecular weight excluding hydrogens is 332 g/mol. The lowest BCUT2D eigenvalue weighted by molar-refractivity contribution is -0.121. The molecule has 2 atom stereocenters. The van der Waals surface area contributed by atoms with E-state index >= 15 is 0 Å². The predicted octanol–water partition coefficient (Wildman–Crippen LogP) is 2.21. The second-order valence-electron chi connectivity index (χ2n) is 5.86. The number of carbonyl (C=O) groups excluding carboxylic acids is 1. The molecule has 1 aliphatic heterocycles. The summed E-state index contributed by atoms with van der Waals surface area (Å²) in [6, 6.07) is 6.10. The van der Waals surface area contributed by atoms with Crippen LogP contribution in [-0.2, 0) is 23.0 Å². The summed E-state index contributed by atoms with van der Waals surface area (Å²) in [5.41, 5.74) is 1.31. The van der Waals surface area contributed by atoms with E-state index in [4.69, 9.17) is 4.74 Å². The van der Waals surface area contributed by atoms with E-state index in [1.165, 1.54) is 6.07 Å². The van der Waals surface area contributed by atoms with Gasteiger partial charge in [-0.25, -0.2) is 0 Å². The van der Waals surface area contributed by atoms with Crippen molar-refractivity contribution in [1.82, 2.24) is 15.1 Å². The van der Waals surface area contributed by atoms with Crippen LogP contribution in [0.25, 0.3) is 0 Å². The third kappa shape index (κ3) is 4.33. The number of benzene rings is 1. The quantitative estimate of drug-likeness (QED) is 0.867. The lowest BCUT2D eigenvalue weighted by Gasteiger charge is -2.19. The van der Waals surface area contributed by atoms with Gasteiger partial charge in [-0.15, -0.1) is 0 Å². The van der Waals surface area contributed by atoms with Crippen LogP contribution in [0.2, 0.25) is 0 Å². The number of aromatic nitrogens is 2. The number of hydrogen-bond donors (Lipinski definition) is 1. The van der Waals surface area contributed by atoms with Crippen molar-refractivity contribution in [2.24, 2.45) is 7.05 Å². The molecule has 25 heavy (non-hydrogen) atoms. The van der Waals surface area contributed by atoms with E-state index in [9.17, 15) is 13.6 Å². The number of carbonyl (C=O) groups is 1.